The Morgan fingerprint density at radius 3 is 1.58 bits per heavy atom. The second kappa shape index (κ2) is 15.6. The van der Waals surface area contributed by atoms with Crippen molar-refractivity contribution >= 4 is 11.4 Å². The highest BCUT2D eigenvalue weighted by Gasteiger charge is 2.19. The summed E-state index contributed by atoms with van der Waals surface area (Å²) in [4.78, 5) is 0. The molecule has 0 spiro atoms. The Morgan fingerprint density at radius 2 is 1.06 bits per heavy atom. The zero-order valence-electron chi connectivity index (χ0n) is 21.6. The van der Waals surface area contributed by atoms with Crippen LogP contribution in [0.4, 0.5) is 11.4 Å². The molecule has 4 nitrogen and oxygen atoms in total. The zero-order chi connectivity index (χ0) is 23.8. The SMILES string of the molecule is CC[N+](CC)(CC)CCCCCCCCCCOc1ccc(N=Nc2ccc(C)cc2)cc1. The van der Waals surface area contributed by atoms with Crippen LogP contribution in [0.15, 0.2) is 58.8 Å². The lowest BCUT2D eigenvalue weighted by Gasteiger charge is -2.35. The van der Waals surface area contributed by atoms with Crippen molar-refractivity contribution in [2.24, 2.45) is 10.2 Å². The number of aryl methyl sites for hydroxylation is 1. The van der Waals surface area contributed by atoms with Gasteiger partial charge in [-0.3, -0.25) is 0 Å². The molecule has 0 saturated heterocycles. The quantitative estimate of drug-likeness (QED) is 0.134. The van der Waals surface area contributed by atoms with E-state index in [0.717, 1.165) is 30.2 Å². The Kier molecular flexibility index (Phi) is 12.8. The van der Waals surface area contributed by atoms with Crippen LogP contribution in [-0.4, -0.2) is 37.3 Å². The van der Waals surface area contributed by atoms with E-state index < -0.39 is 0 Å². The molecule has 2 aromatic carbocycles. The van der Waals surface area contributed by atoms with Crippen LogP contribution in [0.1, 0.15) is 77.7 Å². The molecule has 0 fully saturated rings. The zero-order valence-corrected chi connectivity index (χ0v) is 21.6. The van der Waals surface area contributed by atoms with E-state index in [1.54, 1.807) is 0 Å². The van der Waals surface area contributed by atoms with Crippen molar-refractivity contribution in [3.8, 4) is 5.75 Å². The highest BCUT2D eigenvalue weighted by atomic mass is 16.5. The molecule has 0 radical (unpaired) electrons. The molecular weight excluding hydrogens is 406 g/mol. The van der Waals surface area contributed by atoms with Crippen molar-refractivity contribution < 1.29 is 9.22 Å². The van der Waals surface area contributed by atoms with Crippen LogP contribution in [0.25, 0.3) is 0 Å². The third-order valence-electron chi connectivity index (χ3n) is 6.96. The van der Waals surface area contributed by atoms with Gasteiger partial charge in [0.1, 0.15) is 5.75 Å². The molecule has 0 amide bonds. The van der Waals surface area contributed by atoms with Crippen LogP contribution in [0.5, 0.6) is 5.75 Å². The molecule has 4 heteroatoms. The van der Waals surface area contributed by atoms with Gasteiger partial charge in [0.2, 0.25) is 0 Å². The fourth-order valence-electron chi connectivity index (χ4n) is 4.28. The molecule has 0 bridgehead atoms. The third-order valence-corrected chi connectivity index (χ3v) is 6.96. The molecule has 0 unspecified atom stereocenters. The first-order chi connectivity index (χ1) is 16.1. The number of rotatable bonds is 17. The molecule has 0 atom stereocenters. The highest BCUT2D eigenvalue weighted by molar-refractivity contribution is 5.43. The predicted octanol–water partition coefficient (Wildman–Crippen LogP) is 8.79. The van der Waals surface area contributed by atoms with Crippen LogP contribution >= 0.6 is 0 Å². The molecule has 0 aliphatic rings. The van der Waals surface area contributed by atoms with E-state index >= 15 is 0 Å². The first-order valence-corrected chi connectivity index (χ1v) is 13.2. The van der Waals surface area contributed by atoms with E-state index in [0.29, 0.717) is 0 Å². The summed E-state index contributed by atoms with van der Waals surface area (Å²) in [7, 11) is 0. The minimum atomic E-state index is 0.787. The Bertz CT molecular complexity index is 771. The van der Waals surface area contributed by atoms with E-state index in [1.165, 1.54) is 81.2 Å². The topological polar surface area (TPSA) is 34.0 Å². The summed E-state index contributed by atoms with van der Waals surface area (Å²) in [5.41, 5.74) is 2.93. The average Bonchev–Trinajstić information content (AvgIpc) is 2.85. The number of hydrogen-bond acceptors (Lipinski definition) is 3. The first kappa shape index (κ1) is 27.0. The Morgan fingerprint density at radius 1 is 0.606 bits per heavy atom. The van der Waals surface area contributed by atoms with Gasteiger partial charge >= 0.3 is 0 Å². The van der Waals surface area contributed by atoms with Crippen LogP contribution in [0, 0.1) is 6.92 Å². The maximum atomic E-state index is 5.89. The van der Waals surface area contributed by atoms with Gasteiger partial charge in [-0.25, -0.2) is 0 Å². The van der Waals surface area contributed by atoms with Crippen LogP contribution in [0.3, 0.4) is 0 Å². The highest BCUT2D eigenvalue weighted by Crippen LogP contribution is 2.22. The second-order valence-electron chi connectivity index (χ2n) is 9.22. The van der Waals surface area contributed by atoms with Crippen LogP contribution in [-0.2, 0) is 0 Å². The molecule has 0 aromatic heterocycles. The van der Waals surface area contributed by atoms with Gasteiger partial charge in [-0.1, -0.05) is 49.8 Å². The first-order valence-electron chi connectivity index (χ1n) is 13.2. The van der Waals surface area contributed by atoms with Gasteiger partial charge < -0.3 is 9.22 Å². The minimum Gasteiger partial charge on any atom is -0.494 e. The van der Waals surface area contributed by atoms with Crippen molar-refractivity contribution in [2.75, 3.05) is 32.8 Å². The maximum Gasteiger partial charge on any atom is 0.119 e. The minimum absolute atomic E-state index is 0.787. The van der Waals surface area contributed by atoms with Gasteiger partial charge in [-0.05, 0) is 83.4 Å². The largest absolute Gasteiger partial charge is 0.494 e. The van der Waals surface area contributed by atoms with Crippen molar-refractivity contribution in [1.82, 2.24) is 0 Å². The Labute approximate surface area is 202 Å². The predicted molar refractivity (Wildman–Crippen MR) is 141 cm³/mol. The summed E-state index contributed by atoms with van der Waals surface area (Å²) in [6, 6.07) is 15.9. The van der Waals surface area contributed by atoms with E-state index in [4.69, 9.17) is 4.74 Å². The fraction of sp³-hybridized carbons (Fsp3) is 0.586. The third kappa shape index (κ3) is 10.5. The number of ether oxygens (including phenoxy) is 1. The van der Waals surface area contributed by atoms with Crippen molar-refractivity contribution in [2.45, 2.75) is 79.1 Å². The van der Waals surface area contributed by atoms with Gasteiger partial charge in [-0.15, -0.1) is 0 Å². The van der Waals surface area contributed by atoms with Crippen molar-refractivity contribution in [3.05, 3.63) is 54.1 Å². The summed E-state index contributed by atoms with van der Waals surface area (Å²) in [6.45, 7) is 15.1. The smallest absolute Gasteiger partial charge is 0.119 e. The standard InChI is InChI=1S/C29H46N3O/c1-5-32(6-2,7-3)24-14-12-10-8-9-11-13-15-25-33-29-22-20-28(21-23-29)31-30-27-18-16-26(4)17-19-27/h16-23H,5-15,24-25H2,1-4H3/q+1. The van der Waals surface area contributed by atoms with Crippen molar-refractivity contribution in [1.29, 1.82) is 0 Å². The summed E-state index contributed by atoms with van der Waals surface area (Å²) >= 11 is 0. The van der Waals surface area contributed by atoms with Gasteiger partial charge in [0.05, 0.1) is 44.2 Å². The monoisotopic (exact) mass is 452 g/mol. The van der Waals surface area contributed by atoms with E-state index in [1.807, 2.05) is 48.5 Å². The Hall–Kier alpha value is -2.20. The lowest BCUT2D eigenvalue weighted by molar-refractivity contribution is -0.923. The van der Waals surface area contributed by atoms with Gasteiger partial charge in [0.25, 0.3) is 0 Å². The fourth-order valence-corrected chi connectivity index (χ4v) is 4.28. The van der Waals surface area contributed by atoms with Crippen LogP contribution < -0.4 is 4.74 Å². The lowest BCUT2D eigenvalue weighted by atomic mass is 10.1. The summed E-state index contributed by atoms with van der Waals surface area (Å²) in [5.74, 6) is 0.907. The van der Waals surface area contributed by atoms with Gasteiger partial charge in [0, 0.05) is 0 Å². The number of benzene rings is 2. The maximum absolute atomic E-state index is 5.89. The molecule has 33 heavy (non-hydrogen) atoms. The van der Waals surface area contributed by atoms with Crippen LogP contribution in [0.2, 0.25) is 0 Å². The van der Waals surface area contributed by atoms with Crippen molar-refractivity contribution in [3.63, 3.8) is 0 Å². The molecule has 0 aliphatic heterocycles. The molecule has 182 valence electrons. The lowest BCUT2D eigenvalue weighted by Crippen LogP contribution is -2.48. The van der Waals surface area contributed by atoms with Gasteiger partial charge in [0.15, 0.2) is 0 Å². The summed E-state index contributed by atoms with van der Waals surface area (Å²) in [6.07, 6.45) is 10.6. The number of azo groups is 1. The molecule has 0 heterocycles. The number of nitrogens with zero attached hydrogens (tertiary/aromatic N) is 3. The normalized spacial score (nSPS) is 11.9. The molecule has 0 N–H and O–H groups in total. The molecule has 0 aliphatic carbocycles. The number of quaternary nitrogens is 1. The van der Waals surface area contributed by atoms with E-state index in [2.05, 4.69) is 37.9 Å². The molecule has 2 rings (SSSR count). The second-order valence-corrected chi connectivity index (χ2v) is 9.22. The summed E-state index contributed by atoms with van der Waals surface area (Å²) in [5, 5.41) is 8.58. The molecule has 0 saturated carbocycles. The van der Waals surface area contributed by atoms with Gasteiger partial charge in [-0.2, -0.15) is 10.2 Å². The number of unbranched alkanes of at least 4 members (excludes halogenated alkanes) is 7. The average molecular weight is 453 g/mol. The summed E-state index contributed by atoms with van der Waals surface area (Å²) < 4.78 is 7.18. The number of hydrogen-bond donors (Lipinski definition) is 0. The van der Waals surface area contributed by atoms with E-state index in [-0.39, 0.29) is 0 Å². The molecular formula is C29H46N3O+. The Balaban J connectivity index is 1.49. The molecule has 2 aromatic rings. The van der Waals surface area contributed by atoms with E-state index in [9.17, 15) is 0 Å².